The fourth-order valence-electron chi connectivity index (χ4n) is 4.82. The van der Waals surface area contributed by atoms with E-state index in [0.29, 0.717) is 23.3 Å². The number of nitrogens with zero attached hydrogens (tertiary/aromatic N) is 4. The van der Waals surface area contributed by atoms with Gasteiger partial charge in [-0.1, -0.05) is 91.3 Å². The zero-order chi connectivity index (χ0) is 35.9. The molecule has 0 aliphatic carbocycles. The number of rotatable bonds is 9. The molecule has 0 spiro atoms. The van der Waals surface area contributed by atoms with E-state index in [1.807, 2.05) is 33.9 Å². The van der Waals surface area contributed by atoms with Gasteiger partial charge in [-0.25, -0.2) is 4.68 Å². The molecule has 0 radical (unpaired) electrons. The van der Waals surface area contributed by atoms with Crippen LogP contribution in [0.5, 0.6) is 0 Å². The summed E-state index contributed by atoms with van der Waals surface area (Å²) in [5.41, 5.74) is -2.64. The molecule has 0 bridgehead atoms. The number of ketones is 1. The third-order valence-electron chi connectivity index (χ3n) is 8.47. The monoisotopic (exact) mass is 720 g/mol. The topological polar surface area (TPSA) is 83.0 Å². The van der Waals surface area contributed by atoms with Crippen LogP contribution in [-0.2, 0) is 29.9 Å². The molecule has 0 amide bonds. The lowest BCUT2D eigenvalue weighted by Gasteiger charge is -2.35. The second kappa shape index (κ2) is 13.2. The number of carbonyl (C=O) groups excluding carboxylic acids is 1. The molecule has 0 fully saturated rings. The van der Waals surface area contributed by atoms with Gasteiger partial charge in [0.2, 0.25) is 5.78 Å². The third-order valence-corrected chi connectivity index (χ3v) is 13.3. The maximum absolute atomic E-state index is 14.6. The Morgan fingerprint density at radius 1 is 0.898 bits per heavy atom. The Balaban J connectivity index is 1.67. The highest BCUT2D eigenvalue weighted by atomic mass is 35.5. The van der Waals surface area contributed by atoms with E-state index in [1.54, 1.807) is 54.6 Å². The number of carbonyl (C=O) groups is 1. The SMILES string of the molecule is CC(C)(C)[Si](C)(C)OCc1onc(-c2ccccc2Cl)c1C(=O)c1nnn(Cc2cc(C(F)(F)F)cc(C(F)(F)F)c2)c1-c1ccccc1. The van der Waals surface area contributed by atoms with E-state index >= 15 is 0 Å². The largest absolute Gasteiger partial charge is 0.416 e. The number of halogens is 7. The summed E-state index contributed by atoms with van der Waals surface area (Å²) in [7, 11) is -2.36. The van der Waals surface area contributed by atoms with Gasteiger partial charge in [0, 0.05) is 11.1 Å². The summed E-state index contributed by atoms with van der Waals surface area (Å²) in [6.07, 6.45) is -10.1. The summed E-state index contributed by atoms with van der Waals surface area (Å²) >= 11 is 6.50. The van der Waals surface area contributed by atoms with Crippen LogP contribution < -0.4 is 0 Å². The van der Waals surface area contributed by atoms with Crippen molar-refractivity contribution in [1.82, 2.24) is 20.2 Å². The van der Waals surface area contributed by atoms with Gasteiger partial charge in [0.15, 0.2) is 19.8 Å². The minimum absolute atomic E-state index is 0.0190. The van der Waals surface area contributed by atoms with E-state index in [0.717, 1.165) is 4.68 Å². The van der Waals surface area contributed by atoms with Crippen molar-refractivity contribution in [2.45, 2.75) is 64.4 Å². The van der Waals surface area contributed by atoms with Crippen LogP contribution in [0.1, 0.15) is 59.3 Å². The molecular weight excluding hydrogens is 690 g/mol. The molecule has 7 nitrogen and oxygen atoms in total. The van der Waals surface area contributed by atoms with Crippen molar-refractivity contribution in [2.24, 2.45) is 0 Å². The summed E-state index contributed by atoms with van der Waals surface area (Å²) in [6, 6.07) is 16.2. The van der Waals surface area contributed by atoms with Gasteiger partial charge < -0.3 is 8.95 Å². The Bertz CT molecular complexity index is 1950. The van der Waals surface area contributed by atoms with Gasteiger partial charge in [0.1, 0.15) is 11.4 Å². The van der Waals surface area contributed by atoms with Crippen molar-refractivity contribution >= 4 is 25.7 Å². The van der Waals surface area contributed by atoms with Crippen molar-refractivity contribution in [3.05, 3.63) is 112 Å². The molecule has 15 heteroatoms. The van der Waals surface area contributed by atoms with E-state index in [-0.39, 0.29) is 56.7 Å². The van der Waals surface area contributed by atoms with Crippen molar-refractivity contribution in [3.8, 4) is 22.5 Å². The van der Waals surface area contributed by atoms with Gasteiger partial charge in [-0.3, -0.25) is 4.79 Å². The zero-order valence-corrected chi connectivity index (χ0v) is 28.8. The number of hydrogen-bond donors (Lipinski definition) is 0. The molecule has 2 heterocycles. The molecule has 0 saturated carbocycles. The summed E-state index contributed by atoms with van der Waals surface area (Å²) in [6.45, 7) is 9.51. The molecule has 0 aliphatic rings. The molecule has 0 N–H and O–H groups in total. The van der Waals surface area contributed by atoms with Crippen LogP contribution in [0.2, 0.25) is 23.2 Å². The maximum atomic E-state index is 14.6. The molecule has 5 aromatic rings. The van der Waals surface area contributed by atoms with Crippen LogP contribution in [-0.4, -0.2) is 34.3 Å². The van der Waals surface area contributed by atoms with Gasteiger partial charge in [-0.05, 0) is 48.0 Å². The molecule has 0 saturated heterocycles. The van der Waals surface area contributed by atoms with Crippen molar-refractivity contribution in [3.63, 3.8) is 0 Å². The van der Waals surface area contributed by atoms with Crippen LogP contribution in [0.25, 0.3) is 22.5 Å². The first-order chi connectivity index (χ1) is 22.8. The first kappa shape index (κ1) is 36.0. The minimum atomic E-state index is -5.05. The first-order valence-electron chi connectivity index (χ1n) is 15.0. The molecule has 3 aromatic carbocycles. The van der Waals surface area contributed by atoms with Crippen molar-refractivity contribution in [1.29, 1.82) is 0 Å². The average molecular weight is 721 g/mol. The summed E-state index contributed by atoms with van der Waals surface area (Å²) in [5.74, 6) is -0.624. The third kappa shape index (κ3) is 7.66. The minimum Gasteiger partial charge on any atom is -0.409 e. The molecule has 0 aliphatic heterocycles. The molecule has 5 rings (SSSR count). The Hall–Kier alpha value is -4.27. The fourth-order valence-corrected chi connectivity index (χ4v) is 5.97. The fraction of sp³-hybridized carbons (Fsp3) is 0.294. The highest BCUT2D eigenvalue weighted by Gasteiger charge is 2.40. The summed E-state index contributed by atoms with van der Waals surface area (Å²) in [5, 5.41) is 12.5. The molecule has 49 heavy (non-hydrogen) atoms. The van der Waals surface area contributed by atoms with Crippen LogP contribution in [0, 0.1) is 0 Å². The predicted molar refractivity (Wildman–Crippen MR) is 173 cm³/mol. The Kier molecular flexibility index (Phi) is 9.71. The lowest BCUT2D eigenvalue weighted by molar-refractivity contribution is -0.143. The van der Waals surface area contributed by atoms with Crippen LogP contribution >= 0.6 is 11.6 Å². The quantitative estimate of drug-likeness (QED) is 0.0857. The van der Waals surface area contributed by atoms with Crippen LogP contribution in [0.15, 0.2) is 77.3 Å². The van der Waals surface area contributed by atoms with Crippen LogP contribution in [0.4, 0.5) is 26.3 Å². The van der Waals surface area contributed by atoms with E-state index in [2.05, 4.69) is 15.5 Å². The van der Waals surface area contributed by atoms with E-state index in [4.69, 9.17) is 20.6 Å². The molecule has 2 aromatic heterocycles. The van der Waals surface area contributed by atoms with Gasteiger partial charge >= 0.3 is 12.4 Å². The summed E-state index contributed by atoms with van der Waals surface area (Å²) < 4.78 is 95.1. The lowest BCUT2D eigenvalue weighted by atomic mass is 9.98. The van der Waals surface area contributed by atoms with Crippen molar-refractivity contribution < 1.29 is 40.1 Å². The molecule has 258 valence electrons. The van der Waals surface area contributed by atoms with E-state index in [9.17, 15) is 31.1 Å². The number of aromatic nitrogens is 4. The highest BCUT2D eigenvalue weighted by molar-refractivity contribution is 6.74. The average Bonchev–Trinajstić information content (AvgIpc) is 3.63. The van der Waals surface area contributed by atoms with Crippen molar-refractivity contribution in [2.75, 3.05) is 0 Å². The van der Waals surface area contributed by atoms with Gasteiger partial charge in [0.25, 0.3) is 0 Å². The molecule has 0 atom stereocenters. The number of alkyl halides is 6. The lowest BCUT2D eigenvalue weighted by Crippen LogP contribution is -2.40. The Morgan fingerprint density at radius 2 is 1.49 bits per heavy atom. The normalized spacial score (nSPS) is 12.8. The second-order valence-corrected chi connectivity index (χ2v) is 18.1. The molecule has 0 unspecified atom stereocenters. The maximum Gasteiger partial charge on any atom is 0.416 e. The second-order valence-electron chi connectivity index (χ2n) is 12.9. The predicted octanol–water partition coefficient (Wildman–Crippen LogP) is 10.1. The standard InChI is InChI=1S/C34H31ClF6N4O3Si/c1-32(2,3)49(4,5)47-19-26-27(28(43-48-26)24-13-9-10-14-25(24)35)31(46)29-30(21-11-7-6-8-12-21)45(44-42-29)18-20-15-22(33(36,37)38)17-23(16-20)34(39,40)41/h6-17H,18-19H2,1-5H3. The van der Waals surface area contributed by atoms with Gasteiger partial charge in [0.05, 0.1) is 34.9 Å². The zero-order valence-electron chi connectivity index (χ0n) is 27.0. The van der Waals surface area contributed by atoms with Gasteiger partial charge in [-0.2, -0.15) is 26.3 Å². The van der Waals surface area contributed by atoms with E-state index < -0.39 is 44.1 Å². The highest BCUT2D eigenvalue weighted by Crippen LogP contribution is 2.40. The Labute approximate surface area is 284 Å². The Morgan fingerprint density at radius 3 is 2.06 bits per heavy atom. The number of benzene rings is 3. The van der Waals surface area contributed by atoms with Gasteiger partial charge in [-0.15, -0.1) is 5.10 Å². The molecular formula is C34H31ClF6N4O3Si. The summed E-state index contributed by atoms with van der Waals surface area (Å²) in [4.78, 5) is 14.6. The van der Waals surface area contributed by atoms with Crippen LogP contribution in [0.3, 0.4) is 0 Å². The first-order valence-corrected chi connectivity index (χ1v) is 18.3. The number of hydrogen-bond acceptors (Lipinski definition) is 6. The van der Waals surface area contributed by atoms with E-state index in [1.165, 1.54) is 0 Å². The smallest absolute Gasteiger partial charge is 0.409 e.